The van der Waals surface area contributed by atoms with Crippen molar-refractivity contribution in [1.82, 2.24) is 14.7 Å². The molecule has 4 heterocycles. The number of hydrogen-bond donors (Lipinski definition) is 0. The summed E-state index contributed by atoms with van der Waals surface area (Å²) in [7, 11) is 2.22. The van der Waals surface area contributed by atoms with E-state index in [1.165, 1.54) is 32.6 Å². The molecular formula is C19H31N3O2. The lowest BCUT2D eigenvalue weighted by atomic mass is 9.87. The van der Waals surface area contributed by atoms with Gasteiger partial charge in [0, 0.05) is 45.3 Å². The molecule has 0 aromatic carbocycles. The third kappa shape index (κ3) is 3.54. The van der Waals surface area contributed by atoms with Crippen LogP contribution >= 0.6 is 0 Å². The second-order valence-electron chi connectivity index (χ2n) is 7.98. The molecular weight excluding hydrogens is 302 g/mol. The first-order valence-corrected chi connectivity index (χ1v) is 9.46. The molecule has 0 amide bonds. The number of likely N-dealkylation sites (tertiary alicyclic amines) is 1. The Balaban J connectivity index is 1.27. The van der Waals surface area contributed by atoms with Crippen LogP contribution in [0.2, 0.25) is 0 Å². The molecule has 0 unspecified atom stereocenters. The van der Waals surface area contributed by atoms with E-state index in [0.29, 0.717) is 6.04 Å². The zero-order chi connectivity index (χ0) is 16.6. The van der Waals surface area contributed by atoms with E-state index in [2.05, 4.69) is 33.9 Å². The minimum Gasteiger partial charge on any atom is -0.465 e. The van der Waals surface area contributed by atoms with Gasteiger partial charge in [-0.1, -0.05) is 0 Å². The molecule has 24 heavy (non-hydrogen) atoms. The first-order chi connectivity index (χ1) is 11.6. The number of ether oxygens (including phenoxy) is 1. The molecule has 3 aliphatic heterocycles. The maximum Gasteiger partial charge on any atom is 0.118 e. The Morgan fingerprint density at radius 2 is 1.83 bits per heavy atom. The highest BCUT2D eigenvalue weighted by atomic mass is 16.5. The minimum absolute atomic E-state index is 0.142. The average molecular weight is 333 g/mol. The van der Waals surface area contributed by atoms with Crippen LogP contribution in [0.5, 0.6) is 0 Å². The topological polar surface area (TPSA) is 32.1 Å². The summed E-state index contributed by atoms with van der Waals surface area (Å²) in [6.07, 6.45) is 3.55. The Labute approximate surface area is 145 Å². The van der Waals surface area contributed by atoms with Gasteiger partial charge in [-0.2, -0.15) is 0 Å². The lowest BCUT2D eigenvalue weighted by Gasteiger charge is -2.39. The Hall–Kier alpha value is -0.880. The van der Waals surface area contributed by atoms with Crippen LogP contribution < -0.4 is 0 Å². The van der Waals surface area contributed by atoms with Crippen molar-refractivity contribution in [3.8, 4) is 0 Å². The molecule has 3 fully saturated rings. The minimum atomic E-state index is 0.142. The van der Waals surface area contributed by atoms with Crippen molar-refractivity contribution < 1.29 is 9.15 Å². The van der Waals surface area contributed by atoms with Crippen LogP contribution in [0.3, 0.4) is 0 Å². The standard InChI is InChI=1S/C19H31N3O2/c1-16-3-4-18(24-16)14-21-7-5-19(6-8-21)13-17(15-23-19)22-11-9-20(2)10-12-22/h3-4,17H,5-15H2,1-2H3/t17-/m0/s1. The molecule has 1 aromatic heterocycles. The van der Waals surface area contributed by atoms with Gasteiger partial charge in [0.05, 0.1) is 18.8 Å². The smallest absolute Gasteiger partial charge is 0.118 e. The van der Waals surface area contributed by atoms with E-state index in [4.69, 9.17) is 9.15 Å². The Morgan fingerprint density at radius 1 is 1.08 bits per heavy atom. The van der Waals surface area contributed by atoms with Crippen molar-refractivity contribution in [3.05, 3.63) is 23.7 Å². The summed E-state index contributed by atoms with van der Waals surface area (Å²) in [4.78, 5) is 7.60. The largest absolute Gasteiger partial charge is 0.465 e. The maximum atomic E-state index is 6.37. The summed E-state index contributed by atoms with van der Waals surface area (Å²) in [5, 5.41) is 0. The van der Waals surface area contributed by atoms with Crippen molar-refractivity contribution in [1.29, 1.82) is 0 Å². The molecule has 1 spiro atoms. The summed E-state index contributed by atoms with van der Waals surface area (Å²) in [6, 6.07) is 4.80. The van der Waals surface area contributed by atoms with E-state index in [-0.39, 0.29) is 5.60 Å². The van der Waals surface area contributed by atoms with Gasteiger partial charge in [0.15, 0.2) is 0 Å². The third-order valence-electron chi connectivity index (χ3n) is 6.19. The van der Waals surface area contributed by atoms with E-state index < -0.39 is 0 Å². The highest BCUT2D eigenvalue weighted by Crippen LogP contribution is 2.38. The van der Waals surface area contributed by atoms with Gasteiger partial charge in [0.25, 0.3) is 0 Å². The molecule has 4 rings (SSSR count). The summed E-state index contributed by atoms with van der Waals surface area (Å²) in [6.45, 7) is 10.9. The molecule has 0 aliphatic carbocycles. The number of piperazine rings is 1. The van der Waals surface area contributed by atoms with Crippen molar-refractivity contribution in [3.63, 3.8) is 0 Å². The zero-order valence-corrected chi connectivity index (χ0v) is 15.2. The van der Waals surface area contributed by atoms with Crippen molar-refractivity contribution in [2.45, 2.75) is 44.4 Å². The van der Waals surface area contributed by atoms with Crippen LogP contribution in [-0.4, -0.2) is 79.3 Å². The summed E-state index contributed by atoms with van der Waals surface area (Å²) in [5.74, 6) is 2.10. The van der Waals surface area contributed by atoms with Crippen molar-refractivity contribution in [2.24, 2.45) is 0 Å². The second kappa shape index (κ2) is 6.79. The predicted molar refractivity (Wildman–Crippen MR) is 94.1 cm³/mol. The number of rotatable bonds is 3. The van der Waals surface area contributed by atoms with Gasteiger partial charge in [-0.05, 0) is 45.4 Å². The fraction of sp³-hybridized carbons (Fsp3) is 0.789. The van der Waals surface area contributed by atoms with Crippen LogP contribution in [0.15, 0.2) is 16.5 Å². The lowest BCUT2D eigenvalue weighted by molar-refractivity contribution is -0.0463. The Bertz CT molecular complexity index is 543. The molecule has 0 N–H and O–H groups in total. The summed E-state index contributed by atoms with van der Waals surface area (Å²) in [5.41, 5.74) is 0.142. The summed E-state index contributed by atoms with van der Waals surface area (Å²) < 4.78 is 12.1. The van der Waals surface area contributed by atoms with E-state index in [0.717, 1.165) is 50.6 Å². The quantitative estimate of drug-likeness (QED) is 0.844. The first-order valence-electron chi connectivity index (χ1n) is 9.46. The van der Waals surface area contributed by atoms with Crippen LogP contribution in [-0.2, 0) is 11.3 Å². The van der Waals surface area contributed by atoms with Crippen LogP contribution in [0.4, 0.5) is 0 Å². The fourth-order valence-corrected chi connectivity index (χ4v) is 4.50. The van der Waals surface area contributed by atoms with E-state index >= 15 is 0 Å². The number of hydrogen-bond acceptors (Lipinski definition) is 5. The lowest BCUT2D eigenvalue weighted by Crippen LogP contribution is -2.50. The molecule has 0 bridgehead atoms. The van der Waals surface area contributed by atoms with Crippen LogP contribution in [0, 0.1) is 6.92 Å². The van der Waals surface area contributed by atoms with Crippen LogP contribution in [0.1, 0.15) is 30.8 Å². The van der Waals surface area contributed by atoms with Gasteiger partial charge >= 0.3 is 0 Å². The van der Waals surface area contributed by atoms with Gasteiger partial charge in [-0.3, -0.25) is 9.80 Å². The number of nitrogens with zero attached hydrogens (tertiary/aromatic N) is 3. The molecule has 3 saturated heterocycles. The first kappa shape index (κ1) is 16.6. The Kier molecular flexibility index (Phi) is 4.69. The number of piperidine rings is 1. The molecule has 0 saturated carbocycles. The third-order valence-corrected chi connectivity index (χ3v) is 6.19. The van der Waals surface area contributed by atoms with Gasteiger partial charge in [0.1, 0.15) is 11.5 Å². The number of aryl methyl sites for hydroxylation is 1. The molecule has 0 radical (unpaired) electrons. The normalized spacial score (nSPS) is 29.5. The highest BCUT2D eigenvalue weighted by Gasteiger charge is 2.44. The van der Waals surface area contributed by atoms with Crippen molar-refractivity contribution >= 4 is 0 Å². The molecule has 1 atom stereocenters. The molecule has 5 heteroatoms. The number of likely N-dealkylation sites (N-methyl/N-ethyl adjacent to an activating group) is 1. The van der Waals surface area contributed by atoms with E-state index in [1.807, 2.05) is 6.92 Å². The predicted octanol–water partition coefficient (Wildman–Crippen LogP) is 1.96. The van der Waals surface area contributed by atoms with Gasteiger partial charge < -0.3 is 14.1 Å². The van der Waals surface area contributed by atoms with Gasteiger partial charge in [-0.15, -0.1) is 0 Å². The van der Waals surface area contributed by atoms with Gasteiger partial charge in [0.2, 0.25) is 0 Å². The fourth-order valence-electron chi connectivity index (χ4n) is 4.50. The van der Waals surface area contributed by atoms with E-state index in [1.54, 1.807) is 0 Å². The molecule has 3 aliphatic rings. The molecule has 1 aromatic rings. The zero-order valence-electron chi connectivity index (χ0n) is 15.2. The maximum absolute atomic E-state index is 6.37. The summed E-state index contributed by atoms with van der Waals surface area (Å²) >= 11 is 0. The average Bonchev–Trinajstić information content (AvgIpc) is 3.18. The monoisotopic (exact) mass is 333 g/mol. The van der Waals surface area contributed by atoms with E-state index in [9.17, 15) is 0 Å². The van der Waals surface area contributed by atoms with Crippen LogP contribution in [0.25, 0.3) is 0 Å². The second-order valence-corrected chi connectivity index (χ2v) is 7.98. The molecule has 134 valence electrons. The SMILES string of the molecule is Cc1ccc(CN2CCC3(CC2)C[C@H](N2CCN(C)CC2)CO3)o1. The van der Waals surface area contributed by atoms with Crippen molar-refractivity contribution in [2.75, 3.05) is 52.9 Å². The highest BCUT2D eigenvalue weighted by molar-refractivity contribution is 5.06. The number of furan rings is 1. The van der Waals surface area contributed by atoms with Gasteiger partial charge in [-0.25, -0.2) is 0 Å². The molecule has 5 nitrogen and oxygen atoms in total. The Morgan fingerprint density at radius 3 is 2.50 bits per heavy atom.